The summed E-state index contributed by atoms with van der Waals surface area (Å²) in [5, 5.41) is 1.00. The summed E-state index contributed by atoms with van der Waals surface area (Å²) < 4.78 is 58.5. The molecule has 2 aromatic carbocycles. The van der Waals surface area contributed by atoms with Crippen LogP contribution in [0, 0.1) is 0 Å². The minimum atomic E-state index is -4.10. The van der Waals surface area contributed by atoms with E-state index in [0.717, 1.165) is 0 Å². The zero-order valence-electron chi connectivity index (χ0n) is 12.6. The molecule has 126 valence electrons. The quantitative estimate of drug-likeness (QED) is 0.806. The highest BCUT2D eigenvalue weighted by molar-refractivity contribution is 7.89. The van der Waals surface area contributed by atoms with Crippen molar-refractivity contribution >= 4 is 20.8 Å². The molecule has 0 unspecified atom stereocenters. The van der Waals surface area contributed by atoms with Gasteiger partial charge in [-0.2, -0.15) is 0 Å². The first-order chi connectivity index (χ1) is 10.8. The van der Waals surface area contributed by atoms with E-state index >= 15 is 0 Å². The van der Waals surface area contributed by atoms with Crippen molar-refractivity contribution in [1.29, 1.82) is 0 Å². The molecule has 0 aliphatic carbocycles. The molecule has 0 fully saturated rings. The summed E-state index contributed by atoms with van der Waals surface area (Å²) in [4.78, 5) is -0.0793. The average Bonchev–Trinajstić information content (AvgIpc) is 2.53. The Labute approximate surface area is 133 Å². The monoisotopic (exact) mass is 344 g/mol. The highest BCUT2D eigenvalue weighted by Crippen LogP contribution is 2.31. The number of ether oxygens (including phenoxy) is 1. The highest BCUT2D eigenvalue weighted by Gasteiger charge is 2.30. The lowest BCUT2D eigenvalue weighted by Gasteiger charge is -2.16. The fourth-order valence-electron chi connectivity index (χ4n) is 2.11. The minimum absolute atomic E-state index is 0.0793. The van der Waals surface area contributed by atoms with Gasteiger partial charge in [-0.05, 0) is 19.1 Å². The van der Waals surface area contributed by atoms with Crippen molar-refractivity contribution in [3.05, 3.63) is 36.4 Å². The molecule has 8 heteroatoms. The first-order valence-corrected chi connectivity index (χ1v) is 8.51. The maximum atomic E-state index is 13.2. The molecule has 0 aliphatic heterocycles. The Hall–Kier alpha value is -1.77. The number of hydrogen-bond acceptors (Lipinski definition) is 4. The first kappa shape index (κ1) is 17.6. The van der Waals surface area contributed by atoms with Gasteiger partial charge in [0.15, 0.2) is 0 Å². The molecule has 2 aromatic rings. The third-order valence-corrected chi connectivity index (χ3v) is 4.71. The second-order valence-corrected chi connectivity index (χ2v) is 6.66. The van der Waals surface area contributed by atoms with Crippen LogP contribution in [0.4, 0.5) is 8.78 Å². The second kappa shape index (κ2) is 6.77. The van der Waals surface area contributed by atoms with Crippen LogP contribution in [0.25, 0.3) is 10.8 Å². The second-order valence-electron chi connectivity index (χ2n) is 4.93. The molecule has 23 heavy (non-hydrogen) atoms. The van der Waals surface area contributed by atoms with Crippen molar-refractivity contribution in [1.82, 2.24) is 4.72 Å². The first-order valence-electron chi connectivity index (χ1n) is 7.03. The van der Waals surface area contributed by atoms with Gasteiger partial charge in [0.1, 0.15) is 5.75 Å². The molecule has 2 rings (SSSR count). The fraction of sp³-hybridized carbons (Fsp3) is 0.333. The van der Waals surface area contributed by atoms with Gasteiger partial charge in [0.25, 0.3) is 5.92 Å². The topological polar surface area (TPSA) is 81.4 Å². The van der Waals surface area contributed by atoms with Gasteiger partial charge in [-0.25, -0.2) is 21.9 Å². The van der Waals surface area contributed by atoms with E-state index < -0.39 is 29.0 Å². The number of nitrogens with two attached hydrogens (primary N) is 1. The summed E-state index contributed by atoms with van der Waals surface area (Å²) in [6.45, 7) is 0.264. The highest BCUT2D eigenvalue weighted by atomic mass is 32.2. The lowest BCUT2D eigenvalue weighted by atomic mass is 10.1. The van der Waals surface area contributed by atoms with E-state index in [9.17, 15) is 17.2 Å². The molecule has 0 aliphatic rings. The van der Waals surface area contributed by atoms with Crippen LogP contribution in [-0.4, -0.2) is 34.0 Å². The van der Waals surface area contributed by atoms with Crippen LogP contribution >= 0.6 is 0 Å². The molecule has 0 amide bonds. The molecule has 0 heterocycles. The van der Waals surface area contributed by atoms with Crippen molar-refractivity contribution < 1.29 is 21.9 Å². The molecular formula is C15H18F2N2O3S. The number of hydrogen-bond donors (Lipinski definition) is 2. The van der Waals surface area contributed by atoms with Crippen LogP contribution in [0.3, 0.4) is 0 Å². The smallest absolute Gasteiger partial charge is 0.273 e. The summed E-state index contributed by atoms with van der Waals surface area (Å²) in [5.41, 5.74) is 4.92. The van der Waals surface area contributed by atoms with Crippen molar-refractivity contribution in [3.63, 3.8) is 0 Å². The number of benzene rings is 2. The largest absolute Gasteiger partial charge is 0.493 e. The molecule has 0 saturated carbocycles. The van der Waals surface area contributed by atoms with Gasteiger partial charge in [0.2, 0.25) is 10.0 Å². The van der Waals surface area contributed by atoms with Gasteiger partial charge in [0.05, 0.1) is 24.6 Å². The van der Waals surface area contributed by atoms with Gasteiger partial charge in [-0.15, -0.1) is 0 Å². The van der Waals surface area contributed by atoms with Crippen LogP contribution < -0.4 is 15.2 Å². The van der Waals surface area contributed by atoms with Crippen LogP contribution in [-0.2, 0) is 10.0 Å². The number of rotatable bonds is 7. The van der Waals surface area contributed by atoms with Crippen molar-refractivity contribution in [2.75, 3.05) is 19.7 Å². The molecule has 0 bridgehead atoms. The Morgan fingerprint density at radius 2 is 1.83 bits per heavy atom. The van der Waals surface area contributed by atoms with Gasteiger partial charge >= 0.3 is 0 Å². The normalized spacial score (nSPS) is 12.5. The summed E-state index contributed by atoms with van der Waals surface area (Å²) in [6.07, 6.45) is 0. The predicted octanol–water partition coefficient (Wildman–Crippen LogP) is 2.11. The molecule has 0 aromatic heterocycles. The number of halogens is 2. The van der Waals surface area contributed by atoms with Crippen LogP contribution in [0.15, 0.2) is 41.3 Å². The van der Waals surface area contributed by atoms with Gasteiger partial charge < -0.3 is 10.5 Å². The molecular weight excluding hydrogens is 326 g/mol. The van der Waals surface area contributed by atoms with Crippen LogP contribution in [0.2, 0.25) is 0 Å². The average molecular weight is 344 g/mol. The van der Waals surface area contributed by atoms with E-state index in [-0.39, 0.29) is 4.90 Å². The van der Waals surface area contributed by atoms with Gasteiger partial charge in [-0.3, -0.25) is 0 Å². The Balaban J connectivity index is 2.45. The Bertz CT molecular complexity index is 794. The fourth-order valence-corrected chi connectivity index (χ4v) is 3.38. The summed E-state index contributed by atoms with van der Waals surface area (Å²) in [5.74, 6) is -2.76. The molecule has 0 spiro atoms. The van der Waals surface area contributed by atoms with E-state index in [2.05, 4.69) is 0 Å². The van der Waals surface area contributed by atoms with Crippen LogP contribution in [0.5, 0.6) is 5.75 Å². The lowest BCUT2D eigenvalue weighted by molar-refractivity contribution is 0.0170. The Morgan fingerprint density at radius 3 is 2.43 bits per heavy atom. The zero-order valence-corrected chi connectivity index (χ0v) is 13.4. The summed E-state index contributed by atoms with van der Waals surface area (Å²) in [7, 11) is -4.10. The van der Waals surface area contributed by atoms with E-state index in [4.69, 9.17) is 10.5 Å². The van der Waals surface area contributed by atoms with Gasteiger partial charge in [-0.1, -0.05) is 24.3 Å². The molecule has 0 radical (unpaired) electrons. The van der Waals surface area contributed by atoms with E-state index in [1.165, 1.54) is 12.1 Å². The molecule has 3 N–H and O–H groups in total. The summed E-state index contributed by atoms with van der Waals surface area (Å²) >= 11 is 0. The summed E-state index contributed by atoms with van der Waals surface area (Å²) in [6, 6.07) is 9.60. The third kappa shape index (κ3) is 3.95. The van der Waals surface area contributed by atoms with Crippen molar-refractivity contribution in [3.8, 4) is 5.75 Å². The Kier molecular flexibility index (Phi) is 5.18. The number of alkyl halides is 2. The maximum absolute atomic E-state index is 13.2. The van der Waals surface area contributed by atoms with Crippen LogP contribution in [0.1, 0.15) is 6.92 Å². The van der Waals surface area contributed by atoms with E-state index in [1.807, 2.05) is 11.6 Å². The SMILES string of the molecule is CCOc1ccc(S(=O)(=O)NCC(F)(F)CN)c2ccccc12. The third-order valence-electron chi connectivity index (χ3n) is 3.25. The lowest BCUT2D eigenvalue weighted by Crippen LogP contribution is -2.41. The van der Waals surface area contributed by atoms with E-state index in [0.29, 0.717) is 23.1 Å². The number of fused-ring (bicyclic) bond motifs is 1. The Morgan fingerprint density at radius 1 is 1.17 bits per heavy atom. The van der Waals surface area contributed by atoms with Gasteiger partial charge in [0, 0.05) is 10.8 Å². The number of sulfonamides is 1. The zero-order chi connectivity index (χ0) is 17.1. The van der Waals surface area contributed by atoms with E-state index in [1.54, 1.807) is 24.3 Å². The maximum Gasteiger partial charge on any atom is 0.273 e. The predicted molar refractivity (Wildman–Crippen MR) is 84.3 cm³/mol. The number of nitrogens with one attached hydrogen (secondary N) is 1. The minimum Gasteiger partial charge on any atom is -0.493 e. The van der Waals surface area contributed by atoms with Crippen molar-refractivity contribution in [2.24, 2.45) is 5.73 Å². The molecule has 5 nitrogen and oxygen atoms in total. The molecule has 0 saturated heterocycles. The standard InChI is InChI=1S/C15H18F2N2O3S/c1-2-22-13-7-8-14(12-6-4-3-5-11(12)13)23(20,21)19-10-15(16,17)9-18/h3-8,19H,2,9-10,18H2,1H3. The van der Waals surface area contributed by atoms with Crippen molar-refractivity contribution in [2.45, 2.75) is 17.7 Å². The molecule has 0 atom stereocenters.